The van der Waals surface area contributed by atoms with E-state index in [2.05, 4.69) is 107 Å². The first-order valence-corrected chi connectivity index (χ1v) is 11.9. The molecule has 5 aromatic carbocycles. The summed E-state index contributed by atoms with van der Waals surface area (Å²) >= 11 is 0. The van der Waals surface area contributed by atoms with Crippen LogP contribution in [0.25, 0.3) is 0 Å². The molecular formula is C31H21BN2O. The largest absolute Gasteiger partial charge is 0.311 e. The summed E-state index contributed by atoms with van der Waals surface area (Å²) in [4.78, 5) is 16.0. The van der Waals surface area contributed by atoms with Crippen molar-refractivity contribution in [2.75, 3.05) is 9.80 Å². The molecule has 0 atom stereocenters. The van der Waals surface area contributed by atoms with Crippen LogP contribution in [0.1, 0.15) is 10.4 Å². The molecule has 2 aliphatic rings. The first kappa shape index (κ1) is 19.9. The van der Waals surface area contributed by atoms with E-state index in [9.17, 15) is 4.79 Å². The molecule has 2 aliphatic heterocycles. The van der Waals surface area contributed by atoms with Crippen LogP contribution >= 0.6 is 0 Å². The molecule has 4 heteroatoms. The monoisotopic (exact) mass is 448 g/mol. The number of carbonyl (C=O) groups is 1. The van der Waals surface area contributed by atoms with Crippen LogP contribution in [-0.2, 0) is 0 Å². The van der Waals surface area contributed by atoms with E-state index in [0.29, 0.717) is 5.56 Å². The molecule has 0 amide bonds. The summed E-state index contributed by atoms with van der Waals surface area (Å²) in [5.41, 5.74) is 11.5. The number of nitrogens with zero attached hydrogens (tertiary/aromatic N) is 2. The molecule has 0 radical (unpaired) electrons. The molecule has 0 unspecified atom stereocenters. The second-order valence-corrected chi connectivity index (χ2v) is 8.98. The molecule has 3 nitrogen and oxygen atoms in total. The molecule has 0 spiro atoms. The predicted molar refractivity (Wildman–Crippen MR) is 146 cm³/mol. The minimum atomic E-state index is 0.138. The van der Waals surface area contributed by atoms with Gasteiger partial charge in [0.25, 0.3) is 6.71 Å². The van der Waals surface area contributed by atoms with Gasteiger partial charge >= 0.3 is 0 Å². The summed E-state index contributed by atoms with van der Waals surface area (Å²) in [7, 11) is 0. The topological polar surface area (TPSA) is 23.6 Å². The first-order chi connectivity index (χ1) is 17.3. The molecule has 0 bridgehead atoms. The highest BCUT2D eigenvalue weighted by Gasteiger charge is 2.42. The normalized spacial score (nSPS) is 13.1. The molecule has 35 heavy (non-hydrogen) atoms. The highest BCUT2D eigenvalue weighted by atomic mass is 16.1. The van der Waals surface area contributed by atoms with Crippen LogP contribution in [0.4, 0.5) is 34.1 Å². The standard InChI is InChI=1S/C31H21BN2O/c35-21-22-17-19-24(20-18-22)34-28-14-7-5-12-26(28)32-25-11-4-6-13-27(25)33(23-9-2-1-3-10-23)29-15-8-16-30(34)31(29)32/h1-21H. The van der Waals surface area contributed by atoms with Gasteiger partial charge in [0.2, 0.25) is 0 Å². The van der Waals surface area contributed by atoms with Crippen molar-refractivity contribution in [2.45, 2.75) is 0 Å². The van der Waals surface area contributed by atoms with Crippen LogP contribution < -0.4 is 26.2 Å². The van der Waals surface area contributed by atoms with Gasteiger partial charge < -0.3 is 9.80 Å². The maximum atomic E-state index is 11.3. The lowest BCUT2D eigenvalue weighted by molar-refractivity contribution is 0.112. The summed E-state index contributed by atoms with van der Waals surface area (Å²) in [6, 6.07) is 42.5. The number of aldehydes is 1. The van der Waals surface area contributed by atoms with Gasteiger partial charge in [-0.05, 0) is 77.1 Å². The number of hydrogen-bond donors (Lipinski definition) is 0. The van der Waals surface area contributed by atoms with Crippen molar-refractivity contribution in [1.29, 1.82) is 0 Å². The van der Waals surface area contributed by atoms with Crippen molar-refractivity contribution in [3.05, 3.63) is 127 Å². The SMILES string of the molecule is O=Cc1ccc(N2c3ccccc3B3c4ccccc4N(c4ccccc4)c4cccc2c43)cc1. The smallest absolute Gasteiger partial charge is 0.252 e. The number of para-hydroxylation sites is 3. The van der Waals surface area contributed by atoms with Gasteiger partial charge in [0.05, 0.1) is 0 Å². The number of anilines is 6. The van der Waals surface area contributed by atoms with E-state index in [4.69, 9.17) is 0 Å². The molecule has 164 valence electrons. The third-order valence-electron chi connectivity index (χ3n) is 7.11. The van der Waals surface area contributed by atoms with Gasteiger partial charge in [0, 0.05) is 39.7 Å². The van der Waals surface area contributed by atoms with E-state index >= 15 is 0 Å². The lowest BCUT2D eigenvalue weighted by Crippen LogP contribution is -2.61. The molecule has 5 aromatic rings. The van der Waals surface area contributed by atoms with Crippen molar-refractivity contribution in [3.8, 4) is 0 Å². The van der Waals surface area contributed by atoms with E-state index in [-0.39, 0.29) is 6.71 Å². The van der Waals surface area contributed by atoms with Crippen molar-refractivity contribution in [2.24, 2.45) is 0 Å². The average molecular weight is 448 g/mol. The van der Waals surface area contributed by atoms with E-state index < -0.39 is 0 Å². The zero-order chi connectivity index (χ0) is 23.4. The lowest BCUT2D eigenvalue weighted by Gasteiger charge is -2.44. The third kappa shape index (κ3) is 2.90. The Hall–Kier alpha value is -4.57. The second-order valence-electron chi connectivity index (χ2n) is 8.98. The second kappa shape index (κ2) is 7.74. The number of carbonyl (C=O) groups excluding carboxylic acids is 1. The highest BCUT2D eigenvalue weighted by Crippen LogP contribution is 2.43. The van der Waals surface area contributed by atoms with Gasteiger partial charge in [-0.1, -0.05) is 60.7 Å². The lowest BCUT2D eigenvalue weighted by atomic mass is 9.33. The number of rotatable bonds is 3. The van der Waals surface area contributed by atoms with Crippen molar-refractivity contribution in [1.82, 2.24) is 0 Å². The van der Waals surface area contributed by atoms with E-state index in [1.807, 2.05) is 24.3 Å². The van der Waals surface area contributed by atoms with Gasteiger partial charge in [-0.15, -0.1) is 0 Å². The molecule has 0 saturated carbocycles. The van der Waals surface area contributed by atoms with Gasteiger partial charge in [0.15, 0.2) is 0 Å². The minimum Gasteiger partial charge on any atom is -0.311 e. The quantitative estimate of drug-likeness (QED) is 0.260. The van der Waals surface area contributed by atoms with Crippen molar-refractivity contribution >= 4 is 63.5 Å². The van der Waals surface area contributed by atoms with Crippen LogP contribution in [0.5, 0.6) is 0 Å². The number of fused-ring (bicyclic) bond motifs is 4. The molecule has 0 aromatic heterocycles. The molecular weight excluding hydrogens is 427 g/mol. The van der Waals surface area contributed by atoms with Gasteiger partial charge in [-0.25, -0.2) is 0 Å². The Kier molecular flexibility index (Phi) is 4.40. The Bertz CT molecular complexity index is 1580. The fraction of sp³-hybridized carbons (Fsp3) is 0. The molecule has 2 heterocycles. The fourth-order valence-corrected chi connectivity index (χ4v) is 5.67. The zero-order valence-corrected chi connectivity index (χ0v) is 19.0. The molecule has 0 N–H and O–H groups in total. The van der Waals surface area contributed by atoms with E-state index in [0.717, 1.165) is 17.7 Å². The molecule has 0 saturated heterocycles. The number of hydrogen-bond acceptors (Lipinski definition) is 3. The number of benzene rings is 5. The Balaban J connectivity index is 1.55. The Labute approximate surface area is 205 Å². The fourth-order valence-electron chi connectivity index (χ4n) is 5.67. The van der Waals surface area contributed by atoms with Crippen molar-refractivity contribution in [3.63, 3.8) is 0 Å². The Morgan fingerprint density at radius 3 is 1.54 bits per heavy atom. The average Bonchev–Trinajstić information content (AvgIpc) is 2.93. The summed E-state index contributed by atoms with van der Waals surface area (Å²) in [6.07, 6.45) is 0.892. The molecule has 0 aliphatic carbocycles. The summed E-state index contributed by atoms with van der Waals surface area (Å²) in [6.45, 7) is 0.138. The zero-order valence-electron chi connectivity index (χ0n) is 19.0. The van der Waals surface area contributed by atoms with Crippen LogP contribution in [0.2, 0.25) is 0 Å². The molecule has 0 fully saturated rings. The van der Waals surface area contributed by atoms with Gasteiger partial charge in [-0.3, -0.25) is 4.79 Å². The van der Waals surface area contributed by atoms with Gasteiger partial charge in [0.1, 0.15) is 6.29 Å². The van der Waals surface area contributed by atoms with Crippen LogP contribution in [0.3, 0.4) is 0 Å². The maximum Gasteiger partial charge on any atom is 0.252 e. The summed E-state index contributed by atoms with van der Waals surface area (Å²) in [5, 5.41) is 0. The maximum absolute atomic E-state index is 11.3. The summed E-state index contributed by atoms with van der Waals surface area (Å²) < 4.78 is 0. The van der Waals surface area contributed by atoms with E-state index in [1.54, 1.807) is 0 Å². The minimum absolute atomic E-state index is 0.138. The highest BCUT2D eigenvalue weighted by molar-refractivity contribution is 7.00. The Morgan fingerprint density at radius 1 is 0.486 bits per heavy atom. The van der Waals surface area contributed by atoms with Crippen LogP contribution in [0, 0.1) is 0 Å². The van der Waals surface area contributed by atoms with E-state index in [1.165, 1.54) is 39.1 Å². The van der Waals surface area contributed by atoms with Crippen LogP contribution in [-0.4, -0.2) is 13.0 Å². The predicted octanol–water partition coefficient (Wildman–Crippen LogP) is 5.58. The first-order valence-electron chi connectivity index (χ1n) is 11.9. The van der Waals surface area contributed by atoms with Gasteiger partial charge in [-0.2, -0.15) is 0 Å². The van der Waals surface area contributed by atoms with Crippen LogP contribution in [0.15, 0.2) is 121 Å². The third-order valence-corrected chi connectivity index (χ3v) is 7.11. The summed E-state index contributed by atoms with van der Waals surface area (Å²) in [5.74, 6) is 0. The Morgan fingerprint density at radius 2 is 0.971 bits per heavy atom. The van der Waals surface area contributed by atoms with Crippen molar-refractivity contribution < 1.29 is 4.79 Å². The molecule has 7 rings (SSSR count).